The maximum Gasteiger partial charge on any atom is 0.250 e. The molecule has 0 spiro atoms. The van der Waals surface area contributed by atoms with Gasteiger partial charge in [0, 0.05) is 25.2 Å². The molecule has 26 heavy (non-hydrogen) atoms. The molecule has 1 aliphatic rings. The molecule has 2 N–H and O–H groups in total. The second kappa shape index (κ2) is 6.76. The lowest BCUT2D eigenvalue weighted by atomic mass is 9.83. The predicted molar refractivity (Wildman–Crippen MR) is 108 cm³/mol. The van der Waals surface area contributed by atoms with Crippen LogP contribution >= 0.6 is 0 Å². The van der Waals surface area contributed by atoms with Gasteiger partial charge in [0.1, 0.15) is 0 Å². The van der Waals surface area contributed by atoms with Crippen molar-refractivity contribution in [3.63, 3.8) is 0 Å². The van der Waals surface area contributed by atoms with Crippen molar-refractivity contribution in [2.24, 2.45) is 5.73 Å². The summed E-state index contributed by atoms with van der Waals surface area (Å²) in [6, 6.07) is 12.6. The van der Waals surface area contributed by atoms with Crippen LogP contribution in [0.3, 0.4) is 0 Å². The van der Waals surface area contributed by atoms with E-state index in [4.69, 9.17) is 5.73 Å². The molecule has 2 aromatic carbocycles. The number of benzene rings is 2. The van der Waals surface area contributed by atoms with Crippen LogP contribution in [-0.2, 0) is 11.8 Å². The highest BCUT2D eigenvalue weighted by Gasteiger charge is 2.27. The van der Waals surface area contributed by atoms with Crippen LogP contribution in [0.1, 0.15) is 47.8 Å². The molecule has 4 nitrogen and oxygen atoms in total. The fourth-order valence-electron chi connectivity index (χ4n) is 3.57. The maximum absolute atomic E-state index is 12.0. The Labute approximate surface area is 156 Å². The first-order chi connectivity index (χ1) is 12.2. The minimum Gasteiger partial charge on any atom is -0.366 e. The molecule has 1 heterocycles. The van der Waals surface area contributed by atoms with E-state index in [9.17, 15) is 4.79 Å². The normalized spacial score (nSPS) is 13.5. The Morgan fingerprint density at radius 2 is 1.88 bits per heavy atom. The molecule has 0 bridgehead atoms. The molecule has 0 saturated carbocycles. The summed E-state index contributed by atoms with van der Waals surface area (Å²) in [5.41, 5.74) is 12.4. The summed E-state index contributed by atoms with van der Waals surface area (Å²) >= 11 is 0. The standard InChI is InChI=1S/C22H29N3O/c1-22(2,3)17-9-10-19-16(14-17)13-15-7-6-8-18(21(23)26)20(15)25(19)12-11-24(4)5/h6-10,14H,11-13H2,1-5H3,(H2,23,26). The molecule has 0 atom stereocenters. The minimum absolute atomic E-state index is 0.110. The monoisotopic (exact) mass is 351 g/mol. The molecule has 0 aliphatic carbocycles. The van der Waals surface area contributed by atoms with E-state index in [2.05, 4.69) is 68.9 Å². The Morgan fingerprint density at radius 1 is 1.15 bits per heavy atom. The fourth-order valence-corrected chi connectivity index (χ4v) is 3.57. The zero-order chi connectivity index (χ0) is 19.1. The van der Waals surface area contributed by atoms with Gasteiger partial charge in [-0.15, -0.1) is 0 Å². The van der Waals surface area contributed by atoms with E-state index in [0.717, 1.165) is 25.2 Å². The number of hydrogen-bond donors (Lipinski definition) is 1. The number of para-hydroxylation sites is 1. The van der Waals surface area contributed by atoms with Gasteiger partial charge in [-0.25, -0.2) is 0 Å². The molecular weight excluding hydrogens is 322 g/mol. The summed E-state index contributed by atoms with van der Waals surface area (Å²) in [4.78, 5) is 16.5. The molecule has 138 valence electrons. The van der Waals surface area contributed by atoms with Crippen LogP contribution in [0.4, 0.5) is 11.4 Å². The van der Waals surface area contributed by atoms with Crippen molar-refractivity contribution in [3.8, 4) is 0 Å². The topological polar surface area (TPSA) is 49.6 Å². The Balaban J connectivity index is 2.14. The summed E-state index contributed by atoms with van der Waals surface area (Å²) in [5, 5.41) is 0. The van der Waals surface area contributed by atoms with Crippen LogP contribution in [0.2, 0.25) is 0 Å². The summed E-state index contributed by atoms with van der Waals surface area (Å²) in [7, 11) is 4.13. The van der Waals surface area contributed by atoms with Gasteiger partial charge in [0.25, 0.3) is 5.91 Å². The van der Waals surface area contributed by atoms with Crippen LogP contribution in [0, 0.1) is 0 Å². The van der Waals surface area contributed by atoms with Crippen molar-refractivity contribution in [1.82, 2.24) is 4.90 Å². The Hall–Kier alpha value is -2.33. The van der Waals surface area contributed by atoms with E-state index >= 15 is 0 Å². The first kappa shape index (κ1) is 18.5. The fraction of sp³-hybridized carbons (Fsp3) is 0.409. The van der Waals surface area contributed by atoms with E-state index < -0.39 is 0 Å². The largest absolute Gasteiger partial charge is 0.366 e. The zero-order valence-electron chi connectivity index (χ0n) is 16.5. The number of amides is 1. The number of nitrogens with zero attached hydrogens (tertiary/aromatic N) is 2. The summed E-state index contributed by atoms with van der Waals surface area (Å²) < 4.78 is 0. The van der Waals surface area contributed by atoms with Crippen LogP contribution < -0.4 is 10.6 Å². The van der Waals surface area contributed by atoms with E-state index in [1.165, 1.54) is 22.4 Å². The van der Waals surface area contributed by atoms with Crippen molar-refractivity contribution in [1.29, 1.82) is 0 Å². The molecular formula is C22H29N3O. The molecule has 0 unspecified atom stereocenters. The molecule has 0 saturated heterocycles. The maximum atomic E-state index is 12.0. The van der Waals surface area contributed by atoms with E-state index in [0.29, 0.717) is 5.56 Å². The number of likely N-dealkylation sites (N-methyl/N-ethyl adjacent to an activating group) is 1. The van der Waals surface area contributed by atoms with E-state index in [-0.39, 0.29) is 11.3 Å². The lowest BCUT2D eigenvalue weighted by molar-refractivity contribution is 0.100. The van der Waals surface area contributed by atoms with Crippen LogP contribution in [-0.4, -0.2) is 38.0 Å². The van der Waals surface area contributed by atoms with Gasteiger partial charge in [-0.3, -0.25) is 4.79 Å². The number of hydrogen-bond acceptors (Lipinski definition) is 3. The van der Waals surface area contributed by atoms with Crippen molar-refractivity contribution >= 4 is 17.3 Å². The van der Waals surface area contributed by atoms with Crippen molar-refractivity contribution in [3.05, 3.63) is 58.7 Å². The van der Waals surface area contributed by atoms with Gasteiger partial charge in [-0.05, 0) is 48.3 Å². The SMILES string of the molecule is CN(C)CCN1c2ccc(C(C)(C)C)cc2Cc2cccc(C(N)=O)c21. The van der Waals surface area contributed by atoms with Gasteiger partial charge in [-0.1, -0.05) is 45.0 Å². The Bertz CT molecular complexity index is 834. The van der Waals surface area contributed by atoms with Crippen LogP contribution in [0.25, 0.3) is 0 Å². The van der Waals surface area contributed by atoms with Gasteiger partial charge in [0.15, 0.2) is 0 Å². The van der Waals surface area contributed by atoms with Crippen LogP contribution in [0.5, 0.6) is 0 Å². The average Bonchev–Trinajstić information content (AvgIpc) is 2.56. The van der Waals surface area contributed by atoms with Crippen molar-refractivity contribution < 1.29 is 4.79 Å². The molecule has 1 aliphatic heterocycles. The van der Waals surface area contributed by atoms with Gasteiger partial charge in [-0.2, -0.15) is 0 Å². The molecule has 1 amide bonds. The molecule has 2 aromatic rings. The number of primary amides is 1. The van der Waals surface area contributed by atoms with E-state index in [1.54, 1.807) is 0 Å². The summed E-state index contributed by atoms with van der Waals surface area (Å²) in [5.74, 6) is -0.369. The molecule has 0 radical (unpaired) electrons. The Morgan fingerprint density at radius 3 is 2.50 bits per heavy atom. The third-order valence-corrected chi connectivity index (χ3v) is 5.04. The second-order valence-corrected chi connectivity index (χ2v) is 8.40. The second-order valence-electron chi connectivity index (χ2n) is 8.40. The van der Waals surface area contributed by atoms with Gasteiger partial charge in [0.05, 0.1) is 11.3 Å². The predicted octanol–water partition coefficient (Wildman–Crippen LogP) is 3.69. The smallest absolute Gasteiger partial charge is 0.250 e. The lowest BCUT2D eigenvalue weighted by Crippen LogP contribution is -2.33. The number of nitrogens with two attached hydrogens (primary N) is 1. The van der Waals surface area contributed by atoms with Crippen molar-refractivity contribution in [2.45, 2.75) is 32.6 Å². The number of fused-ring (bicyclic) bond motifs is 2. The zero-order valence-corrected chi connectivity index (χ0v) is 16.5. The molecule has 3 rings (SSSR count). The van der Waals surface area contributed by atoms with Crippen molar-refractivity contribution in [2.75, 3.05) is 32.1 Å². The number of carbonyl (C=O) groups excluding carboxylic acids is 1. The van der Waals surface area contributed by atoms with Gasteiger partial charge < -0.3 is 15.5 Å². The van der Waals surface area contributed by atoms with E-state index in [1.807, 2.05) is 12.1 Å². The summed E-state index contributed by atoms with van der Waals surface area (Å²) in [6.07, 6.45) is 0.828. The lowest BCUT2D eigenvalue weighted by Gasteiger charge is -2.36. The highest BCUT2D eigenvalue weighted by molar-refractivity contribution is 6.01. The summed E-state index contributed by atoms with van der Waals surface area (Å²) in [6.45, 7) is 8.42. The third-order valence-electron chi connectivity index (χ3n) is 5.04. The van der Waals surface area contributed by atoms with Gasteiger partial charge in [0.2, 0.25) is 0 Å². The molecule has 0 aromatic heterocycles. The highest BCUT2D eigenvalue weighted by Crippen LogP contribution is 2.42. The van der Waals surface area contributed by atoms with Gasteiger partial charge >= 0.3 is 0 Å². The first-order valence-corrected chi connectivity index (χ1v) is 9.16. The molecule has 4 heteroatoms. The average molecular weight is 351 g/mol. The quantitative estimate of drug-likeness (QED) is 0.914. The minimum atomic E-state index is -0.369. The highest BCUT2D eigenvalue weighted by atomic mass is 16.1. The number of rotatable bonds is 4. The molecule has 0 fully saturated rings. The Kier molecular flexibility index (Phi) is 4.80. The van der Waals surface area contributed by atoms with Crippen LogP contribution in [0.15, 0.2) is 36.4 Å². The third kappa shape index (κ3) is 3.47. The first-order valence-electron chi connectivity index (χ1n) is 9.16. The number of anilines is 2. The number of carbonyl (C=O) groups is 1.